The lowest BCUT2D eigenvalue weighted by Gasteiger charge is -2.21. The summed E-state index contributed by atoms with van der Waals surface area (Å²) in [5.41, 5.74) is 6.31. The summed E-state index contributed by atoms with van der Waals surface area (Å²) in [7, 11) is 0. The second-order valence-electron chi connectivity index (χ2n) is 7.47. The highest BCUT2D eigenvalue weighted by atomic mass is 16.3. The predicted octanol–water partition coefficient (Wildman–Crippen LogP) is 6.92. The smallest absolute Gasteiger partial charge is 0.122 e. The Morgan fingerprint density at radius 1 is 0.654 bits per heavy atom. The summed E-state index contributed by atoms with van der Waals surface area (Å²) in [5, 5.41) is 21.3. The normalized spacial score (nSPS) is 13.6. The van der Waals surface area contributed by atoms with Gasteiger partial charge in [-0.1, -0.05) is 41.5 Å². The van der Waals surface area contributed by atoms with E-state index >= 15 is 0 Å². The minimum absolute atomic E-state index is 0.311. The fourth-order valence-electron chi connectivity index (χ4n) is 3.50. The van der Waals surface area contributed by atoms with Gasteiger partial charge in [0.15, 0.2) is 0 Å². The first-order chi connectivity index (χ1) is 12.4. The quantitative estimate of drug-likeness (QED) is 0.566. The lowest BCUT2D eigenvalue weighted by molar-refractivity contribution is 0.449. The number of benzene rings is 2. The SMILES string of the molecule is CCc1cc(-c2cc(C(C)CC)c(O)c(C(C)CC)c2)cc(CC)c1O. The molecule has 0 aromatic heterocycles. The van der Waals surface area contributed by atoms with Crippen molar-refractivity contribution < 1.29 is 10.2 Å². The van der Waals surface area contributed by atoms with Crippen LogP contribution in [-0.2, 0) is 12.8 Å². The summed E-state index contributed by atoms with van der Waals surface area (Å²) in [6.45, 7) is 12.8. The second-order valence-corrected chi connectivity index (χ2v) is 7.47. The molecule has 0 saturated heterocycles. The Hall–Kier alpha value is -1.96. The van der Waals surface area contributed by atoms with Gasteiger partial charge in [0.1, 0.15) is 11.5 Å². The van der Waals surface area contributed by atoms with Crippen LogP contribution < -0.4 is 0 Å². The number of phenolic OH excluding ortho intramolecular Hbond substituents is 2. The van der Waals surface area contributed by atoms with Crippen molar-refractivity contribution in [1.82, 2.24) is 0 Å². The number of rotatable bonds is 7. The van der Waals surface area contributed by atoms with E-state index in [0.29, 0.717) is 23.3 Å². The van der Waals surface area contributed by atoms with Gasteiger partial charge >= 0.3 is 0 Å². The van der Waals surface area contributed by atoms with Crippen LogP contribution >= 0.6 is 0 Å². The van der Waals surface area contributed by atoms with Crippen molar-refractivity contribution in [3.8, 4) is 22.6 Å². The lowest BCUT2D eigenvalue weighted by Crippen LogP contribution is -2.00. The van der Waals surface area contributed by atoms with Crippen molar-refractivity contribution in [1.29, 1.82) is 0 Å². The molecule has 0 amide bonds. The monoisotopic (exact) mass is 354 g/mol. The Balaban J connectivity index is 2.73. The standard InChI is InChI=1S/C24H34O2/c1-7-15(5)21-13-20(14-22(24(21)26)16(6)8-2)19-11-17(9-3)23(25)18(10-4)12-19/h11-16,25-26H,7-10H2,1-6H3. The van der Waals surface area contributed by atoms with E-state index in [-0.39, 0.29) is 0 Å². The minimum atomic E-state index is 0.311. The summed E-state index contributed by atoms with van der Waals surface area (Å²) in [6, 6.07) is 8.48. The van der Waals surface area contributed by atoms with Gasteiger partial charge < -0.3 is 10.2 Å². The van der Waals surface area contributed by atoms with Crippen LogP contribution in [0.1, 0.15) is 88.5 Å². The van der Waals surface area contributed by atoms with Crippen LogP contribution in [0.25, 0.3) is 11.1 Å². The Morgan fingerprint density at radius 3 is 1.38 bits per heavy atom. The molecule has 2 N–H and O–H groups in total. The molecule has 2 aromatic carbocycles. The van der Waals surface area contributed by atoms with E-state index in [9.17, 15) is 10.2 Å². The predicted molar refractivity (Wildman–Crippen MR) is 111 cm³/mol. The van der Waals surface area contributed by atoms with Crippen molar-refractivity contribution in [3.05, 3.63) is 46.5 Å². The van der Waals surface area contributed by atoms with Crippen molar-refractivity contribution in [2.24, 2.45) is 0 Å². The van der Waals surface area contributed by atoms with Crippen LogP contribution in [0.4, 0.5) is 0 Å². The maximum atomic E-state index is 10.9. The third-order valence-corrected chi connectivity index (χ3v) is 5.82. The maximum absolute atomic E-state index is 10.9. The van der Waals surface area contributed by atoms with Gasteiger partial charge in [-0.15, -0.1) is 0 Å². The summed E-state index contributed by atoms with van der Waals surface area (Å²) in [5.74, 6) is 1.52. The molecular weight excluding hydrogens is 320 g/mol. The molecule has 0 saturated carbocycles. The molecule has 0 spiro atoms. The molecule has 0 aliphatic carbocycles. The average molecular weight is 355 g/mol. The highest BCUT2D eigenvalue weighted by Crippen LogP contribution is 2.41. The topological polar surface area (TPSA) is 40.5 Å². The van der Waals surface area contributed by atoms with E-state index < -0.39 is 0 Å². The molecule has 0 aliphatic heterocycles. The molecule has 0 bridgehead atoms. The molecule has 2 unspecified atom stereocenters. The van der Waals surface area contributed by atoms with Gasteiger partial charge in [-0.3, -0.25) is 0 Å². The van der Waals surface area contributed by atoms with Crippen molar-refractivity contribution in [2.45, 2.75) is 79.1 Å². The zero-order chi connectivity index (χ0) is 19.4. The maximum Gasteiger partial charge on any atom is 0.122 e. The zero-order valence-corrected chi connectivity index (χ0v) is 17.2. The number of hydrogen-bond donors (Lipinski definition) is 2. The van der Waals surface area contributed by atoms with Crippen LogP contribution in [0.15, 0.2) is 24.3 Å². The fraction of sp³-hybridized carbons (Fsp3) is 0.500. The lowest BCUT2D eigenvalue weighted by atomic mass is 9.86. The first-order valence-electron chi connectivity index (χ1n) is 10.1. The van der Waals surface area contributed by atoms with E-state index in [2.05, 4.69) is 65.8 Å². The second kappa shape index (κ2) is 8.62. The molecular formula is C24H34O2. The Kier molecular flexibility index (Phi) is 6.75. The number of aryl methyl sites for hydroxylation is 2. The van der Waals surface area contributed by atoms with Crippen LogP contribution in [0.2, 0.25) is 0 Å². The highest BCUT2D eigenvalue weighted by Gasteiger charge is 2.19. The third kappa shape index (κ3) is 3.90. The number of phenols is 2. The highest BCUT2D eigenvalue weighted by molar-refractivity contribution is 5.71. The van der Waals surface area contributed by atoms with Gasteiger partial charge in [0, 0.05) is 0 Å². The van der Waals surface area contributed by atoms with Crippen LogP contribution in [0.3, 0.4) is 0 Å². The largest absolute Gasteiger partial charge is 0.507 e. The number of hydrogen-bond acceptors (Lipinski definition) is 2. The first-order valence-corrected chi connectivity index (χ1v) is 10.1. The Bertz CT molecular complexity index is 705. The van der Waals surface area contributed by atoms with Crippen molar-refractivity contribution >= 4 is 0 Å². The van der Waals surface area contributed by atoms with E-state index in [0.717, 1.165) is 59.1 Å². The zero-order valence-electron chi connectivity index (χ0n) is 17.2. The van der Waals surface area contributed by atoms with Crippen LogP contribution in [0.5, 0.6) is 11.5 Å². The molecule has 0 heterocycles. The van der Waals surface area contributed by atoms with Gasteiger partial charge in [0.05, 0.1) is 0 Å². The van der Waals surface area contributed by atoms with Gasteiger partial charge in [-0.2, -0.15) is 0 Å². The van der Waals surface area contributed by atoms with E-state index in [1.54, 1.807) is 0 Å². The Labute approximate surface area is 158 Å². The Morgan fingerprint density at radius 2 is 1.04 bits per heavy atom. The number of aromatic hydroxyl groups is 2. The minimum Gasteiger partial charge on any atom is -0.507 e. The molecule has 2 nitrogen and oxygen atoms in total. The van der Waals surface area contributed by atoms with Gasteiger partial charge in [-0.25, -0.2) is 0 Å². The average Bonchev–Trinajstić information content (AvgIpc) is 2.67. The summed E-state index contributed by atoms with van der Waals surface area (Å²) >= 11 is 0. The van der Waals surface area contributed by atoms with E-state index in [1.807, 2.05) is 0 Å². The molecule has 26 heavy (non-hydrogen) atoms. The van der Waals surface area contributed by atoms with Crippen molar-refractivity contribution in [3.63, 3.8) is 0 Å². The molecule has 0 radical (unpaired) electrons. The molecule has 2 rings (SSSR count). The first kappa shape index (κ1) is 20.4. The molecule has 2 aromatic rings. The van der Waals surface area contributed by atoms with Gasteiger partial charge in [0.25, 0.3) is 0 Å². The van der Waals surface area contributed by atoms with Crippen LogP contribution in [0, 0.1) is 0 Å². The summed E-state index contributed by atoms with van der Waals surface area (Å²) < 4.78 is 0. The van der Waals surface area contributed by atoms with Crippen molar-refractivity contribution in [2.75, 3.05) is 0 Å². The molecule has 0 aliphatic rings. The van der Waals surface area contributed by atoms with Gasteiger partial charge in [0.2, 0.25) is 0 Å². The van der Waals surface area contributed by atoms with E-state index in [1.165, 1.54) is 0 Å². The molecule has 2 heteroatoms. The summed E-state index contributed by atoms with van der Waals surface area (Å²) in [4.78, 5) is 0. The molecule has 0 fully saturated rings. The van der Waals surface area contributed by atoms with Gasteiger partial charge in [-0.05, 0) is 95.2 Å². The van der Waals surface area contributed by atoms with E-state index in [4.69, 9.17) is 0 Å². The fourth-order valence-corrected chi connectivity index (χ4v) is 3.50. The summed E-state index contributed by atoms with van der Waals surface area (Å²) in [6.07, 6.45) is 3.60. The molecule has 142 valence electrons. The molecule has 2 atom stereocenters. The van der Waals surface area contributed by atoms with Crippen LogP contribution in [-0.4, -0.2) is 10.2 Å². The third-order valence-electron chi connectivity index (χ3n) is 5.82.